The first-order chi connectivity index (χ1) is 8.26. The van der Waals surface area contributed by atoms with Crippen molar-refractivity contribution in [1.82, 2.24) is 5.32 Å². The highest BCUT2D eigenvalue weighted by atomic mass is 16.5. The molecule has 0 bridgehead atoms. The Hall–Kier alpha value is -1.26. The van der Waals surface area contributed by atoms with E-state index < -0.39 is 0 Å². The number of methoxy groups -OCH3 is 1. The van der Waals surface area contributed by atoms with Crippen molar-refractivity contribution in [2.45, 2.75) is 19.0 Å². The molecule has 0 amide bonds. The molecule has 0 spiro atoms. The van der Waals surface area contributed by atoms with Crippen LogP contribution in [0.25, 0.3) is 0 Å². The topological polar surface area (TPSA) is 44.7 Å². The van der Waals surface area contributed by atoms with E-state index in [1.807, 2.05) is 18.2 Å². The minimum absolute atomic E-state index is 0.135. The van der Waals surface area contributed by atoms with Gasteiger partial charge in [0, 0.05) is 25.2 Å². The molecule has 17 heavy (non-hydrogen) atoms. The van der Waals surface area contributed by atoms with Gasteiger partial charge in [-0.25, -0.2) is 0 Å². The summed E-state index contributed by atoms with van der Waals surface area (Å²) in [5.41, 5.74) is 1.10. The number of aliphatic hydroxyl groups excluding tert-OH is 1. The third kappa shape index (κ3) is 2.53. The number of piperazine rings is 1. The summed E-state index contributed by atoms with van der Waals surface area (Å²) in [5, 5.41) is 12.6. The maximum Gasteiger partial charge on any atom is 0.142 e. The quantitative estimate of drug-likeness (QED) is 0.817. The summed E-state index contributed by atoms with van der Waals surface area (Å²) in [6.45, 7) is 4.02. The van der Waals surface area contributed by atoms with E-state index in [4.69, 9.17) is 4.74 Å². The van der Waals surface area contributed by atoms with Crippen LogP contribution in [0.3, 0.4) is 0 Å². The molecule has 1 aliphatic heterocycles. The average molecular weight is 236 g/mol. The van der Waals surface area contributed by atoms with Crippen LogP contribution in [-0.2, 0) is 0 Å². The third-order valence-corrected chi connectivity index (χ3v) is 3.27. The monoisotopic (exact) mass is 236 g/mol. The number of ether oxygens (including phenoxy) is 1. The number of nitrogens with one attached hydrogen (secondary N) is 1. The van der Waals surface area contributed by atoms with E-state index in [-0.39, 0.29) is 12.6 Å². The standard InChI is InChI=1S/C13H20N2O2/c1-10-7-14-11(9-16)8-15(10)12-5-3-4-6-13(12)17-2/h3-6,10-11,14,16H,7-9H2,1-2H3. The first kappa shape index (κ1) is 12.2. The normalized spacial score (nSPS) is 24.8. The number of aliphatic hydroxyl groups is 1. The zero-order chi connectivity index (χ0) is 12.3. The van der Waals surface area contributed by atoms with Crippen LogP contribution in [0.15, 0.2) is 24.3 Å². The van der Waals surface area contributed by atoms with Gasteiger partial charge in [-0.3, -0.25) is 0 Å². The molecule has 0 aromatic heterocycles. The Balaban J connectivity index is 2.24. The zero-order valence-electron chi connectivity index (χ0n) is 10.4. The molecule has 2 atom stereocenters. The molecular weight excluding hydrogens is 216 g/mol. The molecule has 94 valence electrons. The minimum atomic E-state index is 0.135. The van der Waals surface area contributed by atoms with Crippen molar-refractivity contribution in [3.05, 3.63) is 24.3 Å². The van der Waals surface area contributed by atoms with Crippen LogP contribution < -0.4 is 15.0 Å². The molecule has 2 unspecified atom stereocenters. The molecule has 0 aliphatic carbocycles. The maximum atomic E-state index is 9.25. The molecule has 1 fully saturated rings. The van der Waals surface area contributed by atoms with E-state index in [2.05, 4.69) is 23.2 Å². The van der Waals surface area contributed by atoms with Crippen molar-refractivity contribution in [1.29, 1.82) is 0 Å². The number of benzene rings is 1. The molecule has 2 rings (SSSR count). The number of hydrogen-bond acceptors (Lipinski definition) is 4. The number of nitrogens with zero attached hydrogens (tertiary/aromatic N) is 1. The molecule has 0 radical (unpaired) electrons. The van der Waals surface area contributed by atoms with Gasteiger partial charge >= 0.3 is 0 Å². The largest absolute Gasteiger partial charge is 0.495 e. The van der Waals surface area contributed by atoms with Gasteiger partial charge in [-0.2, -0.15) is 0 Å². The summed E-state index contributed by atoms with van der Waals surface area (Å²) >= 11 is 0. The lowest BCUT2D eigenvalue weighted by Gasteiger charge is -2.40. The van der Waals surface area contributed by atoms with Crippen molar-refractivity contribution in [3.63, 3.8) is 0 Å². The van der Waals surface area contributed by atoms with E-state index in [0.717, 1.165) is 24.5 Å². The lowest BCUT2D eigenvalue weighted by atomic mass is 10.1. The number of hydrogen-bond donors (Lipinski definition) is 2. The van der Waals surface area contributed by atoms with E-state index in [1.165, 1.54) is 0 Å². The van der Waals surface area contributed by atoms with Crippen molar-refractivity contribution in [2.24, 2.45) is 0 Å². The molecule has 1 aromatic rings. The molecule has 1 aromatic carbocycles. The van der Waals surface area contributed by atoms with Gasteiger partial charge in [-0.15, -0.1) is 0 Å². The molecular formula is C13H20N2O2. The maximum absolute atomic E-state index is 9.25. The fourth-order valence-corrected chi connectivity index (χ4v) is 2.25. The summed E-state index contributed by atoms with van der Waals surface area (Å²) < 4.78 is 5.39. The Morgan fingerprint density at radius 1 is 1.47 bits per heavy atom. The highest BCUT2D eigenvalue weighted by molar-refractivity contribution is 5.59. The fraction of sp³-hybridized carbons (Fsp3) is 0.538. The second-order valence-electron chi connectivity index (χ2n) is 4.46. The highest BCUT2D eigenvalue weighted by Crippen LogP contribution is 2.30. The highest BCUT2D eigenvalue weighted by Gasteiger charge is 2.26. The van der Waals surface area contributed by atoms with Gasteiger partial charge in [-0.1, -0.05) is 12.1 Å². The minimum Gasteiger partial charge on any atom is -0.495 e. The predicted molar refractivity (Wildman–Crippen MR) is 68.7 cm³/mol. The Kier molecular flexibility index (Phi) is 3.86. The summed E-state index contributed by atoms with van der Waals surface area (Å²) in [7, 11) is 1.69. The molecule has 4 nitrogen and oxygen atoms in total. The lowest BCUT2D eigenvalue weighted by molar-refractivity contribution is 0.227. The molecule has 2 N–H and O–H groups in total. The number of rotatable bonds is 3. The van der Waals surface area contributed by atoms with Crippen molar-refractivity contribution in [3.8, 4) is 5.75 Å². The molecule has 1 aliphatic rings. The van der Waals surface area contributed by atoms with Gasteiger partial charge in [-0.05, 0) is 19.1 Å². The Morgan fingerprint density at radius 3 is 2.94 bits per heavy atom. The Labute approximate surface area is 102 Å². The lowest BCUT2D eigenvalue weighted by Crippen LogP contribution is -2.56. The Bertz CT molecular complexity index is 370. The van der Waals surface area contributed by atoms with Crippen LogP contribution in [-0.4, -0.2) is 44.0 Å². The van der Waals surface area contributed by atoms with E-state index >= 15 is 0 Å². The zero-order valence-corrected chi connectivity index (χ0v) is 10.4. The smallest absolute Gasteiger partial charge is 0.142 e. The molecule has 4 heteroatoms. The van der Waals surface area contributed by atoms with Crippen LogP contribution in [0.1, 0.15) is 6.92 Å². The first-order valence-electron chi connectivity index (χ1n) is 6.00. The van der Waals surface area contributed by atoms with Gasteiger partial charge in [0.2, 0.25) is 0 Å². The van der Waals surface area contributed by atoms with Crippen molar-refractivity contribution in [2.75, 3.05) is 31.7 Å². The second kappa shape index (κ2) is 5.38. The third-order valence-electron chi connectivity index (χ3n) is 3.27. The van der Waals surface area contributed by atoms with Crippen molar-refractivity contribution < 1.29 is 9.84 Å². The van der Waals surface area contributed by atoms with Crippen LogP contribution in [0.5, 0.6) is 5.75 Å². The molecule has 1 saturated heterocycles. The molecule has 0 saturated carbocycles. The summed E-state index contributed by atoms with van der Waals surface area (Å²) in [6.07, 6.45) is 0. The average Bonchev–Trinajstić information content (AvgIpc) is 2.39. The SMILES string of the molecule is COc1ccccc1N1CC(CO)NCC1C. The molecule has 1 heterocycles. The summed E-state index contributed by atoms with van der Waals surface area (Å²) in [4.78, 5) is 2.29. The first-order valence-corrected chi connectivity index (χ1v) is 6.00. The Morgan fingerprint density at radius 2 is 2.24 bits per heavy atom. The summed E-state index contributed by atoms with van der Waals surface area (Å²) in [5.74, 6) is 0.887. The fourth-order valence-electron chi connectivity index (χ4n) is 2.25. The van der Waals surface area contributed by atoms with Crippen LogP contribution in [0.2, 0.25) is 0 Å². The van der Waals surface area contributed by atoms with Crippen LogP contribution in [0.4, 0.5) is 5.69 Å². The van der Waals surface area contributed by atoms with E-state index in [1.54, 1.807) is 7.11 Å². The summed E-state index contributed by atoms with van der Waals surface area (Å²) in [6, 6.07) is 8.55. The van der Waals surface area contributed by atoms with Crippen LogP contribution >= 0.6 is 0 Å². The number of para-hydroxylation sites is 2. The van der Waals surface area contributed by atoms with Crippen molar-refractivity contribution >= 4 is 5.69 Å². The second-order valence-corrected chi connectivity index (χ2v) is 4.46. The van der Waals surface area contributed by atoms with Gasteiger partial charge in [0.1, 0.15) is 5.75 Å². The predicted octanol–water partition coefficient (Wildman–Crippen LogP) is 0.854. The van der Waals surface area contributed by atoms with E-state index in [0.29, 0.717) is 6.04 Å². The van der Waals surface area contributed by atoms with Gasteiger partial charge in [0.05, 0.1) is 19.4 Å². The van der Waals surface area contributed by atoms with Gasteiger partial charge in [0.15, 0.2) is 0 Å². The van der Waals surface area contributed by atoms with E-state index in [9.17, 15) is 5.11 Å². The van der Waals surface area contributed by atoms with Gasteiger partial charge < -0.3 is 20.1 Å². The van der Waals surface area contributed by atoms with Gasteiger partial charge in [0.25, 0.3) is 0 Å². The van der Waals surface area contributed by atoms with Crippen LogP contribution in [0, 0.1) is 0 Å². The number of anilines is 1.